The zero-order valence-corrected chi connectivity index (χ0v) is 14.7. The monoisotopic (exact) mass is 393 g/mol. The summed E-state index contributed by atoms with van der Waals surface area (Å²) in [6.45, 7) is 0. The number of carbonyl (C=O) groups is 1. The van der Waals surface area contributed by atoms with Gasteiger partial charge >= 0.3 is 5.97 Å². The summed E-state index contributed by atoms with van der Waals surface area (Å²) in [6, 6.07) is 1.74. The van der Waals surface area contributed by atoms with E-state index < -0.39 is 47.6 Å². The van der Waals surface area contributed by atoms with Crippen LogP contribution in [0.2, 0.25) is 0 Å². The van der Waals surface area contributed by atoms with Crippen LogP contribution in [0.3, 0.4) is 0 Å². The summed E-state index contributed by atoms with van der Waals surface area (Å²) in [5.74, 6) is -1.39. The maximum atomic E-state index is 13.7. The summed E-state index contributed by atoms with van der Waals surface area (Å²) in [5.41, 5.74) is 0.141. The molecule has 1 aromatic carbocycles. The zero-order chi connectivity index (χ0) is 19.7. The number of nitrogens with zero attached hydrogens (tertiary/aromatic N) is 1. The number of fused-ring (bicyclic) bond motifs is 1. The third kappa shape index (κ3) is 2.89. The molecule has 0 aliphatic heterocycles. The predicted octanol–water partition coefficient (Wildman–Crippen LogP) is 3.03. The van der Waals surface area contributed by atoms with Gasteiger partial charge in [-0.2, -0.15) is 0 Å². The molecule has 0 spiro atoms. The molecule has 3 aliphatic carbocycles. The van der Waals surface area contributed by atoms with Crippen molar-refractivity contribution < 1.29 is 23.1 Å². The molecule has 0 amide bonds. The highest BCUT2D eigenvalue weighted by Crippen LogP contribution is 2.43. The number of pyridine rings is 1. The Hall–Kier alpha value is -2.71. The van der Waals surface area contributed by atoms with Crippen LogP contribution in [0.1, 0.15) is 35.7 Å². The highest BCUT2D eigenvalue weighted by Gasteiger charge is 2.42. The van der Waals surface area contributed by atoms with Crippen molar-refractivity contribution in [3.05, 3.63) is 34.1 Å². The molecule has 3 fully saturated rings. The maximum absolute atomic E-state index is 13.7. The van der Waals surface area contributed by atoms with Gasteiger partial charge in [0.25, 0.3) is 0 Å². The minimum absolute atomic E-state index is 0.107. The van der Waals surface area contributed by atoms with E-state index in [0.29, 0.717) is 29.7 Å². The normalized spacial score (nSPS) is 32.8. The number of carboxylic acids is 1. The Balaban J connectivity index is 1.68. The number of hydrogen-bond donors (Lipinski definition) is 3. The molecule has 3 N–H and O–H groups in total. The van der Waals surface area contributed by atoms with E-state index in [9.17, 15) is 27.9 Å². The van der Waals surface area contributed by atoms with Gasteiger partial charge in [-0.05, 0) is 12.1 Å². The molecule has 1 aromatic heterocycles. The van der Waals surface area contributed by atoms with Crippen LogP contribution in [-0.2, 0) is 0 Å². The van der Waals surface area contributed by atoms with Crippen LogP contribution in [0.4, 0.5) is 24.5 Å². The molecule has 148 valence electrons. The topological polar surface area (TPSA) is 83.4 Å². The van der Waals surface area contributed by atoms with Gasteiger partial charge in [-0.15, -0.1) is 0 Å². The van der Waals surface area contributed by atoms with Crippen molar-refractivity contribution in [3.8, 4) is 0 Å². The number of hydrogen-bond acceptors (Lipinski definition) is 4. The third-order valence-corrected chi connectivity index (χ3v) is 5.55. The Labute approximate surface area is 157 Å². The first-order valence-electron chi connectivity index (χ1n) is 9.25. The molecule has 28 heavy (non-hydrogen) atoms. The second-order valence-corrected chi connectivity index (χ2v) is 7.82. The highest BCUT2D eigenvalue weighted by molar-refractivity contribution is 5.96. The number of alkyl halides is 3. The Bertz CT molecular complexity index is 1060. The van der Waals surface area contributed by atoms with Crippen molar-refractivity contribution in [2.75, 3.05) is 10.6 Å². The smallest absolute Gasteiger partial charge is 0.341 e. The Kier molecular flexibility index (Phi) is 3.66. The van der Waals surface area contributed by atoms with Crippen LogP contribution in [0.15, 0.2) is 23.1 Å². The van der Waals surface area contributed by atoms with Crippen molar-refractivity contribution in [3.63, 3.8) is 0 Å². The summed E-state index contributed by atoms with van der Waals surface area (Å²) < 4.78 is 42.0. The number of aromatic nitrogens is 1. The standard InChI is InChI=1S/C19H18F3N3O3/c20-9-2-12(9)23-14-1-7-16(5-15(14)24-13-3-10(13)21)25(17-4-11(17)22)6-8(18(7)26)19(27)28/h1,5-6,9-13,17,23-24H,2-4H2,(H,27,28)/t9-,10-,11-,12+,13+,17+/m0/s1. The molecule has 0 radical (unpaired) electrons. The van der Waals surface area contributed by atoms with Gasteiger partial charge in [-0.3, -0.25) is 4.79 Å². The van der Waals surface area contributed by atoms with E-state index in [1.807, 2.05) is 0 Å². The van der Waals surface area contributed by atoms with Crippen LogP contribution < -0.4 is 16.1 Å². The van der Waals surface area contributed by atoms with Gasteiger partial charge in [0.05, 0.1) is 35.0 Å². The SMILES string of the molecule is O=C(O)c1cn([C@@H]2C[C@@H]2F)c2cc(N[C@@H]3C[C@@H]3F)c(N[C@@H]3C[C@@H]3F)cc2c1=O. The minimum Gasteiger partial charge on any atom is -0.477 e. The minimum atomic E-state index is -1.39. The molecule has 3 aliphatic rings. The lowest BCUT2D eigenvalue weighted by Gasteiger charge is -2.18. The summed E-state index contributed by atoms with van der Waals surface area (Å²) in [5, 5.41) is 15.5. The fourth-order valence-corrected chi connectivity index (χ4v) is 3.53. The average Bonchev–Trinajstić information content (AvgIpc) is 3.57. The van der Waals surface area contributed by atoms with Gasteiger partial charge in [0.2, 0.25) is 5.43 Å². The number of anilines is 2. The molecule has 0 saturated heterocycles. The first kappa shape index (κ1) is 17.4. The largest absolute Gasteiger partial charge is 0.477 e. The molecule has 0 bridgehead atoms. The summed E-state index contributed by atoms with van der Waals surface area (Å²) >= 11 is 0. The highest BCUT2D eigenvalue weighted by atomic mass is 19.1. The molecule has 9 heteroatoms. The van der Waals surface area contributed by atoms with E-state index in [-0.39, 0.29) is 17.8 Å². The quantitative estimate of drug-likeness (QED) is 0.703. The fraction of sp³-hybridized carbons (Fsp3) is 0.474. The first-order chi connectivity index (χ1) is 13.3. The number of aromatic carboxylic acids is 1. The number of rotatable bonds is 6. The summed E-state index contributed by atoms with van der Waals surface area (Å²) in [4.78, 5) is 24.2. The molecule has 0 unspecified atom stereocenters. The predicted molar refractivity (Wildman–Crippen MR) is 97.6 cm³/mol. The molecule has 3 saturated carbocycles. The van der Waals surface area contributed by atoms with Crippen LogP contribution in [0.25, 0.3) is 10.9 Å². The molecule has 6 nitrogen and oxygen atoms in total. The van der Waals surface area contributed by atoms with E-state index in [4.69, 9.17) is 0 Å². The molecular formula is C19H18F3N3O3. The molecule has 5 rings (SSSR count). The molecule has 6 atom stereocenters. The van der Waals surface area contributed by atoms with Crippen molar-refractivity contribution in [2.45, 2.75) is 55.9 Å². The van der Waals surface area contributed by atoms with Gasteiger partial charge in [0, 0.05) is 30.8 Å². The zero-order valence-electron chi connectivity index (χ0n) is 14.7. The van der Waals surface area contributed by atoms with Crippen molar-refractivity contribution in [1.82, 2.24) is 4.57 Å². The summed E-state index contributed by atoms with van der Waals surface area (Å²) in [7, 11) is 0. The van der Waals surface area contributed by atoms with Crippen molar-refractivity contribution >= 4 is 28.2 Å². The van der Waals surface area contributed by atoms with Gasteiger partial charge in [0.1, 0.15) is 24.1 Å². The number of benzene rings is 1. The number of halogens is 3. The second-order valence-electron chi connectivity index (χ2n) is 7.82. The van der Waals surface area contributed by atoms with Crippen molar-refractivity contribution in [1.29, 1.82) is 0 Å². The van der Waals surface area contributed by atoms with Crippen LogP contribution in [0.5, 0.6) is 0 Å². The van der Waals surface area contributed by atoms with Gasteiger partial charge in [0.15, 0.2) is 0 Å². The van der Waals surface area contributed by atoms with Crippen molar-refractivity contribution in [2.24, 2.45) is 0 Å². The lowest BCUT2D eigenvalue weighted by molar-refractivity contribution is 0.0694. The molecule has 2 aromatic rings. The Morgan fingerprint density at radius 2 is 1.54 bits per heavy atom. The average molecular weight is 393 g/mol. The number of carboxylic acid groups (broad SMARTS) is 1. The van der Waals surface area contributed by atoms with E-state index in [1.165, 1.54) is 16.8 Å². The van der Waals surface area contributed by atoms with Crippen LogP contribution in [0, 0.1) is 0 Å². The van der Waals surface area contributed by atoms with Gasteiger partial charge in [-0.25, -0.2) is 18.0 Å². The summed E-state index contributed by atoms with van der Waals surface area (Å²) in [6.07, 6.45) is -1.00. The van der Waals surface area contributed by atoms with E-state index in [1.54, 1.807) is 6.07 Å². The second kappa shape index (κ2) is 5.89. The van der Waals surface area contributed by atoms with E-state index in [2.05, 4.69) is 10.6 Å². The third-order valence-electron chi connectivity index (χ3n) is 5.55. The van der Waals surface area contributed by atoms with Gasteiger partial charge in [-0.1, -0.05) is 0 Å². The maximum Gasteiger partial charge on any atom is 0.341 e. The molecular weight excluding hydrogens is 375 g/mol. The first-order valence-corrected chi connectivity index (χ1v) is 9.25. The lowest BCUT2D eigenvalue weighted by Crippen LogP contribution is -2.20. The Morgan fingerprint density at radius 1 is 1.00 bits per heavy atom. The van der Waals surface area contributed by atoms with Crippen LogP contribution >= 0.6 is 0 Å². The van der Waals surface area contributed by atoms with Crippen LogP contribution in [-0.4, -0.2) is 46.2 Å². The van der Waals surface area contributed by atoms with E-state index in [0.717, 1.165) is 0 Å². The fourth-order valence-electron chi connectivity index (χ4n) is 3.53. The van der Waals surface area contributed by atoms with E-state index >= 15 is 0 Å². The Morgan fingerprint density at radius 3 is 2.00 bits per heavy atom. The lowest BCUT2D eigenvalue weighted by atomic mass is 10.1. The number of nitrogens with one attached hydrogen (secondary N) is 2. The van der Waals surface area contributed by atoms with Gasteiger partial charge < -0.3 is 20.3 Å². The molecule has 1 heterocycles.